The Balaban J connectivity index is 1.49. The number of hydrogen-bond acceptors (Lipinski definition) is 4. The van der Waals surface area contributed by atoms with Crippen LogP contribution >= 0.6 is 0 Å². The number of carboxylic acid groups (broad SMARTS) is 1. The molecule has 3 atom stereocenters. The summed E-state index contributed by atoms with van der Waals surface area (Å²) in [5.41, 5.74) is 2.45. The van der Waals surface area contributed by atoms with Gasteiger partial charge in [0.2, 0.25) is 0 Å². The number of likely N-dealkylation sites (tertiary alicyclic amines) is 1. The van der Waals surface area contributed by atoms with Crippen LogP contribution in [0.5, 0.6) is 0 Å². The number of aryl methyl sites for hydroxylation is 1. The zero-order valence-electron chi connectivity index (χ0n) is 29.1. The molecule has 0 bridgehead atoms. The number of para-hydroxylation sites is 1. The highest BCUT2D eigenvalue weighted by Gasteiger charge is 2.48. The van der Waals surface area contributed by atoms with E-state index in [1.807, 2.05) is 91.0 Å². The highest BCUT2D eigenvalue weighted by Crippen LogP contribution is 2.40. The molecule has 2 unspecified atom stereocenters. The number of benzene rings is 5. The normalized spacial score (nSPS) is 17.8. The Bertz CT molecular complexity index is 1980. The van der Waals surface area contributed by atoms with Crippen molar-refractivity contribution in [1.29, 1.82) is 0 Å². The van der Waals surface area contributed by atoms with E-state index in [9.17, 15) is 31.5 Å². The minimum absolute atomic E-state index is 0.0474. The molecule has 0 radical (unpaired) electrons. The van der Waals surface area contributed by atoms with Gasteiger partial charge in [-0.05, 0) is 78.8 Å². The Labute approximate surface area is 309 Å². The maximum absolute atomic E-state index is 14.8. The number of nitrogens with zero attached hydrogens (tertiary/aromatic N) is 3. The number of amides is 1. The Morgan fingerprint density at radius 3 is 1.70 bits per heavy atom. The van der Waals surface area contributed by atoms with E-state index in [0.29, 0.717) is 38.0 Å². The van der Waals surface area contributed by atoms with Crippen molar-refractivity contribution in [2.24, 2.45) is 5.92 Å². The van der Waals surface area contributed by atoms with Gasteiger partial charge in [-0.15, -0.1) is 0 Å². The first-order valence-corrected chi connectivity index (χ1v) is 19.1. The summed E-state index contributed by atoms with van der Waals surface area (Å²) in [5.74, 6) is -0.541. The monoisotopic (exact) mass is 741 g/mol. The van der Waals surface area contributed by atoms with Crippen molar-refractivity contribution < 1.29 is 31.5 Å². The van der Waals surface area contributed by atoms with Crippen molar-refractivity contribution >= 4 is 21.8 Å². The molecule has 5 aromatic carbocycles. The molecular weight excluding hydrogens is 700 g/mol. The molecular formula is C42H42F3N3O4S. The van der Waals surface area contributed by atoms with Gasteiger partial charge in [0.1, 0.15) is 0 Å². The van der Waals surface area contributed by atoms with Crippen LogP contribution in [0.15, 0.2) is 150 Å². The highest BCUT2D eigenvalue weighted by atomic mass is 32.2. The molecule has 5 aromatic rings. The first-order chi connectivity index (χ1) is 25.5. The zero-order valence-corrected chi connectivity index (χ0v) is 29.9. The number of sulfonamides is 1. The second kappa shape index (κ2) is 16.7. The molecule has 1 N–H and O–H groups in total. The molecule has 1 amide bonds. The summed E-state index contributed by atoms with van der Waals surface area (Å²) in [6.45, 7) is 0.831. The summed E-state index contributed by atoms with van der Waals surface area (Å²) in [7, 11) is -4.45. The van der Waals surface area contributed by atoms with Gasteiger partial charge >= 0.3 is 12.3 Å². The lowest BCUT2D eigenvalue weighted by molar-refractivity contribution is -0.137. The van der Waals surface area contributed by atoms with Crippen molar-refractivity contribution in [3.8, 4) is 0 Å². The minimum Gasteiger partial charge on any atom is -0.465 e. The molecule has 0 saturated carbocycles. The van der Waals surface area contributed by atoms with Crippen LogP contribution in [0.2, 0.25) is 0 Å². The van der Waals surface area contributed by atoms with Gasteiger partial charge in [0.15, 0.2) is 0 Å². The summed E-state index contributed by atoms with van der Waals surface area (Å²) < 4.78 is 71.6. The summed E-state index contributed by atoms with van der Waals surface area (Å²) in [6, 6.07) is 40.8. The molecule has 1 heterocycles. The molecule has 53 heavy (non-hydrogen) atoms. The van der Waals surface area contributed by atoms with E-state index in [2.05, 4.69) is 4.90 Å². The van der Waals surface area contributed by atoms with Crippen LogP contribution < -0.4 is 4.31 Å². The van der Waals surface area contributed by atoms with Crippen LogP contribution in [0.3, 0.4) is 0 Å². The molecule has 0 spiro atoms. The summed E-state index contributed by atoms with van der Waals surface area (Å²) in [4.78, 5) is 16.4. The Hall–Kier alpha value is -5.13. The molecule has 7 nitrogen and oxygen atoms in total. The van der Waals surface area contributed by atoms with E-state index in [4.69, 9.17) is 0 Å². The highest BCUT2D eigenvalue weighted by molar-refractivity contribution is 7.92. The van der Waals surface area contributed by atoms with E-state index < -0.39 is 46.0 Å². The van der Waals surface area contributed by atoms with E-state index in [-0.39, 0.29) is 17.9 Å². The molecule has 1 aliphatic rings. The van der Waals surface area contributed by atoms with E-state index >= 15 is 0 Å². The number of halogens is 3. The smallest absolute Gasteiger partial charge is 0.416 e. The van der Waals surface area contributed by atoms with E-state index in [1.54, 1.807) is 30.3 Å². The molecule has 0 aliphatic carbocycles. The zero-order chi connectivity index (χ0) is 37.4. The summed E-state index contributed by atoms with van der Waals surface area (Å²) in [5, 5.41) is 10.8. The third-order valence-corrected chi connectivity index (χ3v) is 11.7. The summed E-state index contributed by atoms with van der Waals surface area (Å²) in [6.07, 6.45) is -4.51. The third-order valence-electron chi connectivity index (χ3n) is 9.84. The Morgan fingerprint density at radius 2 is 1.21 bits per heavy atom. The van der Waals surface area contributed by atoms with Crippen LogP contribution in [-0.2, 0) is 35.7 Å². The number of piperidine rings is 1. The Morgan fingerprint density at radius 1 is 0.717 bits per heavy atom. The fraction of sp³-hybridized carbons (Fsp3) is 0.262. The van der Waals surface area contributed by atoms with Crippen LogP contribution in [0.25, 0.3) is 0 Å². The molecule has 1 fully saturated rings. The first-order valence-electron chi connectivity index (χ1n) is 17.6. The SMILES string of the molecule is O=C(O)N1CCC(N(c2ccccc2)S(=O)(=O)c2ccc(C(F)(F)F)cc2)C(CCCc2ccccc2)[C@H]1N(Cc1ccccc1)Cc1ccccc1. The van der Waals surface area contributed by atoms with Crippen LogP contribution in [0.1, 0.15) is 41.5 Å². The lowest BCUT2D eigenvalue weighted by Gasteiger charge is -2.52. The topological polar surface area (TPSA) is 81.2 Å². The standard InChI is InChI=1S/C42H42F3N3O4S/c43-42(44,45)35-24-26-37(27-25-35)53(51,52)48(36-21-11-4-12-22-36)39-28-29-47(41(49)50)40(38(39)23-13-20-32-14-5-1-6-15-32)46(30-33-16-7-2-8-17-33)31-34-18-9-3-10-19-34/h1-12,14-19,21-22,24-27,38-40H,13,20,23,28-31H2,(H,49,50)/t38?,39?,40-/m0/s1. The first kappa shape index (κ1) is 37.6. The van der Waals surface area contributed by atoms with Crippen LogP contribution in [0, 0.1) is 5.92 Å². The Kier molecular flexibility index (Phi) is 11.8. The van der Waals surface area contributed by atoms with Gasteiger partial charge in [0.05, 0.1) is 28.4 Å². The predicted octanol–water partition coefficient (Wildman–Crippen LogP) is 9.32. The number of alkyl halides is 3. The summed E-state index contributed by atoms with van der Waals surface area (Å²) >= 11 is 0. The maximum Gasteiger partial charge on any atom is 0.416 e. The predicted molar refractivity (Wildman–Crippen MR) is 199 cm³/mol. The second-order valence-electron chi connectivity index (χ2n) is 13.3. The largest absolute Gasteiger partial charge is 0.465 e. The lowest BCUT2D eigenvalue weighted by atomic mass is 9.83. The van der Waals surface area contributed by atoms with Gasteiger partial charge in [-0.2, -0.15) is 13.2 Å². The number of hydrogen-bond donors (Lipinski definition) is 1. The fourth-order valence-electron chi connectivity index (χ4n) is 7.44. The molecule has 276 valence electrons. The number of anilines is 1. The lowest BCUT2D eigenvalue weighted by Crippen LogP contribution is -2.64. The molecule has 1 aliphatic heterocycles. The quantitative estimate of drug-likeness (QED) is 0.130. The van der Waals surface area contributed by atoms with Gasteiger partial charge in [-0.3, -0.25) is 14.1 Å². The van der Waals surface area contributed by atoms with Gasteiger partial charge in [0, 0.05) is 25.6 Å². The van der Waals surface area contributed by atoms with Crippen LogP contribution in [-0.4, -0.2) is 48.2 Å². The van der Waals surface area contributed by atoms with Crippen molar-refractivity contribution in [2.45, 2.75) is 62.1 Å². The average Bonchev–Trinajstić information content (AvgIpc) is 3.16. The molecule has 1 saturated heterocycles. The van der Waals surface area contributed by atoms with E-state index in [1.165, 1.54) is 9.21 Å². The fourth-order valence-corrected chi connectivity index (χ4v) is 9.16. The number of carbonyl (C=O) groups is 1. The minimum atomic E-state index is -4.64. The van der Waals surface area contributed by atoms with Gasteiger partial charge in [0.25, 0.3) is 10.0 Å². The molecule has 0 aromatic heterocycles. The van der Waals surface area contributed by atoms with Gasteiger partial charge < -0.3 is 5.11 Å². The third kappa shape index (κ3) is 9.09. The second-order valence-corrected chi connectivity index (χ2v) is 15.1. The van der Waals surface area contributed by atoms with Gasteiger partial charge in [-0.25, -0.2) is 13.2 Å². The van der Waals surface area contributed by atoms with E-state index in [0.717, 1.165) is 41.0 Å². The van der Waals surface area contributed by atoms with Crippen LogP contribution in [0.4, 0.5) is 23.7 Å². The average molecular weight is 742 g/mol. The molecule has 6 rings (SSSR count). The van der Waals surface area contributed by atoms with Crippen molar-refractivity contribution in [3.05, 3.63) is 168 Å². The van der Waals surface area contributed by atoms with Crippen molar-refractivity contribution in [1.82, 2.24) is 9.80 Å². The number of rotatable bonds is 13. The van der Waals surface area contributed by atoms with Crippen molar-refractivity contribution in [2.75, 3.05) is 10.8 Å². The van der Waals surface area contributed by atoms with Crippen molar-refractivity contribution in [3.63, 3.8) is 0 Å². The maximum atomic E-state index is 14.8. The van der Waals surface area contributed by atoms with Gasteiger partial charge in [-0.1, -0.05) is 109 Å². The molecule has 11 heteroatoms.